The molecule has 1 aliphatic heterocycles. The smallest absolute Gasteiger partial charge is 0.338 e. The fourth-order valence-electron chi connectivity index (χ4n) is 4.27. The number of urea groups is 1. The maximum Gasteiger partial charge on any atom is 0.338 e. The number of benzene rings is 3. The molecule has 1 heterocycles. The Morgan fingerprint density at radius 3 is 2.51 bits per heavy atom. The maximum absolute atomic E-state index is 12.6. The summed E-state index contributed by atoms with van der Waals surface area (Å²) < 4.78 is 23.0. The van der Waals surface area contributed by atoms with Crippen molar-refractivity contribution >= 4 is 69.9 Å². The van der Waals surface area contributed by atoms with E-state index in [1.807, 2.05) is 18.2 Å². The van der Waals surface area contributed by atoms with Crippen molar-refractivity contribution in [3.63, 3.8) is 0 Å². The number of allylic oxidation sites excluding steroid dienone is 1. The second-order valence-electron chi connectivity index (χ2n) is 9.51. The first-order valence-electron chi connectivity index (χ1n) is 13.5. The van der Waals surface area contributed by atoms with Crippen molar-refractivity contribution < 1.29 is 33.3 Å². The zero-order valence-electron chi connectivity index (χ0n) is 24.4. The molecule has 1 aliphatic rings. The summed E-state index contributed by atoms with van der Waals surface area (Å²) in [7, 11) is 1.44. The van der Waals surface area contributed by atoms with Crippen molar-refractivity contribution in [2.75, 3.05) is 20.3 Å². The Balaban J connectivity index is 1.33. The van der Waals surface area contributed by atoms with Gasteiger partial charge >= 0.3 is 12.0 Å². The van der Waals surface area contributed by atoms with Crippen molar-refractivity contribution in [3.8, 4) is 17.2 Å². The van der Waals surface area contributed by atoms with Gasteiger partial charge in [-0.15, -0.1) is 0 Å². The van der Waals surface area contributed by atoms with Crippen molar-refractivity contribution in [1.29, 1.82) is 0 Å². The molecule has 3 N–H and O–H groups in total. The molecule has 0 aliphatic carbocycles. The van der Waals surface area contributed by atoms with Gasteiger partial charge in [-0.2, -0.15) is 5.10 Å². The van der Waals surface area contributed by atoms with Crippen LogP contribution in [0.2, 0.25) is 10.0 Å². The molecule has 4 rings (SSSR count). The highest BCUT2D eigenvalue weighted by Gasteiger charge is 2.32. The first kappa shape index (κ1) is 33.9. The topological polar surface area (TPSA) is 137 Å². The van der Waals surface area contributed by atoms with E-state index in [0.29, 0.717) is 39.4 Å². The predicted molar refractivity (Wildman–Crippen MR) is 178 cm³/mol. The zero-order valence-corrected chi connectivity index (χ0v) is 28.1. The van der Waals surface area contributed by atoms with E-state index in [1.165, 1.54) is 13.3 Å². The number of hydrogen-bond donors (Lipinski definition) is 3. The molecule has 3 amide bonds. The zero-order chi connectivity index (χ0) is 32.5. The summed E-state index contributed by atoms with van der Waals surface area (Å²) in [4.78, 5) is 37.2. The third-order valence-electron chi connectivity index (χ3n) is 6.38. The van der Waals surface area contributed by atoms with Crippen LogP contribution in [0.1, 0.15) is 36.6 Å². The minimum atomic E-state index is -0.773. The number of ether oxygens (including phenoxy) is 4. The van der Waals surface area contributed by atoms with E-state index in [1.54, 1.807) is 50.2 Å². The van der Waals surface area contributed by atoms with Gasteiger partial charge in [0, 0.05) is 5.70 Å². The van der Waals surface area contributed by atoms with Gasteiger partial charge in [-0.25, -0.2) is 15.0 Å². The summed E-state index contributed by atoms with van der Waals surface area (Å²) in [6, 6.07) is 14.4. The highest BCUT2D eigenvalue weighted by molar-refractivity contribution is 14.1. The number of methoxy groups -OCH3 is 1. The molecule has 14 heteroatoms. The molecule has 0 bridgehead atoms. The second kappa shape index (κ2) is 15.8. The Morgan fingerprint density at radius 1 is 1.02 bits per heavy atom. The van der Waals surface area contributed by atoms with Crippen LogP contribution in [-0.2, 0) is 20.9 Å². The normalized spacial score (nSPS) is 14.4. The molecule has 11 nitrogen and oxygen atoms in total. The van der Waals surface area contributed by atoms with E-state index in [2.05, 4.69) is 43.8 Å². The molecule has 0 fully saturated rings. The Morgan fingerprint density at radius 2 is 1.80 bits per heavy atom. The van der Waals surface area contributed by atoms with E-state index in [0.717, 1.165) is 14.7 Å². The van der Waals surface area contributed by atoms with E-state index >= 15 is 0 Å². The minimum Gasteiger partial charge on any atom is -0.493 e. The number of carbonyl (C=O) groups excluding carboxylic acids is 3. The number of hydrazone groups is 1. The van der Waals surface area contributed by atoms with Crippen molar-refractivity contribution in [3.05, 3.63) is 96.2 Å². The summed E-state index contributed by atoms with van der Waals surface area (Å²) in [5, 5.41) is 10.3. The lowest BCUT2D eigenvalue weighted by Gasteiger charge is -2.28. The van der Waals surface area contributed by atoms with Crippen LogP contribution in [0.3, 0.4) is 0 Å². The molecule has 0 spiro atoms. The van der Waals surface area contributed by atoms with Crippen LogP contribution in [0.5, 0.6) is 17.2 Å². The van der Waals surface area contributed by atoms with Gasteiger partial charge in [0.25, 0.3) is 5.91 Å². The van der Waals surface area contributed by atoms with Crippen LogP contribution < -0.4 is 30.3 Å². The Bertz CT molecular complexity index is 1660. The number of carbonyl (C=O) groups is 3. The standard InChI is InChI=1S/C31H29Cl2IN4O7/c1-4-43-30(40)28-17(2)36-31(41)37-29(28)20-7-10-25(26(13-20)42-3)45-16-27(39)38-35-14-18-6-9-24(23(34)12-18)44-15-19-5-8-21(32)22(33)11-19/h5-14,29H,4,15-16H2,1-3H3,(H,38,39)(H2,36,37,41)/b35-14-/t29-/m1/s1. The molecule has 3 aromatic carbocycles. The van der Waals surface area contributed by atoms with E-state index < -0.39 is 23.9 Å². The summed E-state index contributed by atoms with van der Waals surface area (Å²) in [5.41, 5.74) is 5.27. The second-order valence-corrected chi connectivity index (χ2v) is 11.5. The van der Waals surface area contributed by atoms with Crippen molar-refractivity contribution in [2.45, 2.75) is 26.5 Å². The number of amides is 3. The molecule has 0 saturated heterocycles. The first-order valence-corrected chi connectivity index (χ1v) is 15.4. The molecule has 1 atom stereocenters. The summed E-state index contributed by atoms with van der Waals surface area (Å²) in [5.74, 6) is 0.214. The summed E-state index contributed by atoms with van der Waals surface area (Å²) in [6.45, 7) is 3.48. The fourth-order valence-corrected chi connectivity index (χ4v) is 5.28. The molecule has 236 valence electrons. The van der Waals surface area contributed by atoms with Gasteiger partial charge in [0.05, 0.1) is 45.2 Å². The molecular weight excluding hydrogens is 738 g/mol. The van der Waals surface area contributed by atoms with E-state index in [-0.39, 0.29) is 24.5 Å². The van der Waals surface area contributed by atoms with Crippen LogP contribution in [0.15, 0.2) is 71.0 Å². The van der Waals surface area contributed by atoms with Crippen LogP contribution >= 0.6 is 45.8 Å². The van der Waals surface area contributed by atoms with Gasteiger partial charge in [0.15, 0.2) is 18.1 Å². The lowest BCUT2D eigenvalue weighted by atomic mass is 9.95. The number of esters is 1. The third kappa shape index (κ3) is 9.02. The summed E-state index contributed by atoms with van der Waals surface area (Å²) >= 11 is 14.2. The quantitative estimate of drug-likeness (QED) is 0.0904. The van der Waals surface area contributed by atoms with Crippen LogP contribution in [0.4, 0.5) is 4.79 Å². The predicted octanol–water partition coefficient (Wildman–Crippen LogP) is 5.91. The number of nitrogens with zero attached hydrogens (tertiary/aromatic N) is 1. The van der Waals surface area contributed by atoms with Crippen LogP contribution in [0, 0.1) is 3.57 Å². The van der Waals surface area contributed by atoms with E-state index in [9.17, 15) is 14.4 Å². The first-order chi connectivity index (χ1) is 21.6. The van der Waals surface area contributed by atoms with Crippen molar-refractivity contribution in [2.24, 2.45) is 5.10 Å². The van der Waals surface area contributed by atoms with Gasteiger partial charge in [-0.3, -0.25) is 4.79 Å². The molecule has 0 unspecified atom stereocenters. The van der Waals surface area contributed by atoms with Crippen molar-refractivity contribution in [1.82, 2.24) is 16.1 Å². The van der Waals surface area contributed by atoms with Gasteiger partial charge in [-0.1, -0.05) is 35.3 Å². The lowest BCUT2D eigenvalue weighted by molar-refractivity contribution is -0.139. The SMILES string of the molecule is CCOC(=O)C1=C(C)NC(=O)N[C@@H]1c1ccc(OCC(=O)N/N=C\c2ccc(OCc3ccc(Cl)c(Cl)c3)c(I)c2)c(OC)c1. The number of halogens is 3. The molecule has 0 saturated carbocycles. The van der Waals surface area contributed by atoms with Crippen LogP contribution in [0.25, 0.3) is 0 Å². The van der Waals surface area contributed by atoms with Gasteiger partial charge < -0.3 is 29.6 Å². The Kier molecular flexibility index (Phi) is 11.9. The monoisotopic (exact) mass is 766 g/mol. The molecule has 0 radical (unpaired) electrons. The largest absolute Gasteiger partial charge is 0.493 e. The van der Waals surface area contributed by atoms with Gasteiger partial charge in [0.2, 0.25) is 0 Å². The molecule has 3 aromatic rings. The Labute approximate surface area is 283 Å². The number of rotatable bonds is 12. The number of nitrogens with one attached hydrogen (secondary N) is 3. The molecule has 0 aromatic heterocycles. The minimum absolute atomic E-state index is 0.182. The average Bonchev–Trinajstić information content (AvgIpc) is 3.00. The third-order valence-corrected chi connectivity index (χ3v) is 7.96. The lowest BCUT2D eigenvalue weighted by Crippen LogP contribution is -2.45. The molecular formula is C31H29Cl2IN4O7. The fraction of sp³-hybridized carbons (Fsp3) is 0.226. The van der Waals surface area contributed by atoms with Gasteiger partial charge in [0.1, 0.15) is 12.4 Å². The van der Waals surface area contributed by atoms with Gasteiger partial charge in [-0.05, 0) is 95.6 Å². The maximum atomic E-state index is 12.6. The summed E-state index contributed by atoms with van der Waals surface area (Å²) in [6.07, 6.45) is 1.50. The van der Waals surface area contributed by atoms with Crippen LogP contribution in [-0.4, -0.2) is 44.4 Å². The number of hydrogen-bond acceptors (Lipinski definition) is 8. The molecule has 45 heavy (non-hydrogen) atoms. The average molecular weight is 767 g/mol. The Hall–Kier alpha value is -4.01. The van der Waals surface area contributed by atoms with E-state index in [4.69, 9.17) is 42.1 Å². The highest BCUT2D eigenvalue weighted by atomic mass is 127. The highest BCUT2D eigenvalue weighted by Crippen LogP contribution is 2.34.